The molecule has 0 saturated carbocycles. The Hall–Kier alpha value is -3.97. The molecule has 1 N–H and O–H groups in total. The topological polar surface area (TPSA) is 79.3 Å². The lowest BCUT2D eigenvalue weighted by molar-refractivity contribution is -0.132. The molecule has 0 radical (unpaired) electrons. The quantitative estimate of drug-likeness (QED) is 0.199. The van der Waals surface area contributed by atoms with E-state index in [1.807, 2.05) is 31.2 Å². The number of benzene rings is 3. The summed E-state index contributed by atoms with van der Waals surface area (Å²) >= 11 is 6.25. The van der Waals surface area contributed by atoms with E-state index in [0.717, 1.165) is 18.8 Å². The van der Waals surface area contributed by atoms with Crippen molar-refractivity contribution >= 4 is 40.4 Å². The van der Waals surface area contributed by atoms with Crippen LogP contribution in [0, 0.1) is 0 Å². The highest BCUT2D eigenvalue weighted by Gasteiger charge is 2.47. The van der Waals surface area contributed by atoms with E-state index in [2.05, 4.69) is 18.7 Å². The highest BCUT2D eigenvalue weighted by molar-refractivity contribution is 6.52. The van der Waals surface area contributed by atoms with E-state index in [-0.39, 0.29) is 11.3 Å². The smallest absolute Gasteiger partial charge is 0.300 e. The third-order valence-electron chi connectivity index (χ3n) is 6.63. The number of aliphatic hydroxyl groups excluding tert-OH is 1. The third-order valence-corrected chi connectivity index (χ3v) is 6.94. The molecule has 1 aliphatic rings. The van der Waals surface area contributed by atoms with Gasteiger partial charge in [-0.25, -0.2) is 0 Å². The Kier molecular flexibility index (Phi) is 8.27. The maximum Gasteiger partial charge on any atom is 0.300 e. The molecule has 8 heteroatoms. The zero-order valence-corrected chi connectivity index (χ0v) is 22.7. The normalized spacial score (nSPS) is 16.6. The minimum Gasteiger partial charge on any atom is -0.507 e. The molecule has 0 aliphatic carbocycles. The molecule has 3 aromatic rings. The highest BCUT2D eigenvalue weighted by atomic mass is 35.5. The van der Waals surface area contributed by atoms with Crippen LogP contribution in [0.15, 0.2) is 72.3 Å². The summed E-state index contributed by atoms with van der Waals surface area (Å²) < 4.78 is 11.1. The summed E-state index contributed by atoms with van der Waals surface area (Å²) in [6, 6.07) is 18.5. The summed E-state index contributed by atoms with van der Waals surface area (Å²) in [5.74, 6) is -1.05. The number of Topliss-reactive ketones (excluding diaryl/α,β-unsaturated/α-hetero) is 1. The molecule has 1 saturated heterocycles. The lowest BCUT2D eigenvalue weighted by atomic mass is 9.94. The Morgan fingerprint density at radius 3 is 2.29 bits per heavy atom. The van der Waals surface area contributed by atoms with Crippen molar-refractivity contribution in [2.75, 3.05) is 36.6 Å². The molecular formula is C30H31ClN2O5. The Balaban J connectivity index is 1.93. The molecule has 1 aliphatic heterocycles. The second-order valence-electron chi connectivity index (χ2n) is 8.68. The average molecular weight is 535 g/mol. The van der Waals surface area contributed by atoms with Crippen molar-refractivity contribution in [2.24, 2.45) is 0 Å². The molecule has 0 spiro atoms. The molecule has 0 bridgehead atoms. The number of carbonyl (C=O) groups excluding carboxylic acids is 2. The van der Waals surface area contributed by atoms with Gasteiger partial charge >= 0.3 is 0 Å². The summed E-state index contributed by atoms with van der Waals surface area (Å²) in [4.78, 5) is 30.6. The van der Waals surface area contributed by atoms with Crippen molar-refractivity contribution in [1.82, 2.24) is 0 Å². The second kappa shape index (κ2) is 11.6. The first-order valence-corrected chi connectivity index (χ1v) is 13.0. The monoisotopic (exact) mass is 534 g/mol. The van der Waals surface area contributed by atoms with E-state index < -0.39 is 17.7 Å². The van der Waals surface area contributed by atoms with E-state index in [1.165, 1.54) is 12.0 Å². The number of halogens is 1. The predicted molar refractivity (Wildman–Crippen MR) is 150 cm³/mol. The van der Waals surface area contributed by atoms with Crippen molar-refractivity contribution in [3.63, 3.8) is 0 Å². The molecule has 3 aromatic carbocycles. The van der Waals surface area contributed by atoms with Crippen molar-refractivity contribution in [3.05, 3.63) is 88.5 Å². The fourth-order valence-corrected chi connectivity index (χ4v) is 4.93. The Morgan fingerprint density at radius 2 is 1.66 bits per heavy atom. The number of ketones is 1. The second-order valence-corrected chi connectivity index (χ2v) is 9.09. The van der Waals surface area contributed by atoms with Crippen molar-refractivity contribution < 1.29 is 24.2 Å². The van der Waals surface area contributed by atoms with Gasteiger partial charge in [0.05, 0.1) is 36.0 Å². The number of carbonyl (C=O) groups is 2. The van der Waals surface area contributed by atoms with E-state index in [0.29, 0.717) is 39.9 Å². The first-order valence-electron chi connectivity index (χ1n) is 12.6. The number of nitrogens with zero attached hydrogens (tertiary/aromatic N) is 2. The SMILES string of the molecule is CCOc1cc(/C(O)=C2/C(=O)C(=O)N(c3ccccc3OC)C2c2ccc(N(CC)CC)cc2)ccc1Cl. The maximum atomic E-state index is 13.5. The lowest BCUT2D eigenvalue weighted by Crippen LogP contribution is -2.30. The van der Waals surface area contributed by atoms with Gasteiger partial charge in [-0.05, 0) is 68.8 Å². The van der Waals surface area contributed by atoms with Crippen LogP contribution in [-0.4, -0.2) is 43.6 Å². The molecule has 1 atom stereocenters. The third kappa shape index (κ3) is 4.94. The van der Waals surface area contributed by atoms with Gasteiger partial charge < -0.3 is 19.5 Å². The minimum absolute atomic E-state index is 0.0266. The first-order chi connectivity index (χ1) is 18.4. The number of methoxy groups -OCH3 is 1. The van der Waals surface area contributed by atoms with Gasteiger partial charge in [-0.15, -0.1) is 0 Å². The van der Waals surface area contributed by atoms with Crippen LogP contribution in [0.2, 0.25) is 5.02 Å². The Bertz CT molecular complexity index is 1370. The van der Waals surface area contributed by atoms with Crippen LogP contribution in [0.3, 0.4) is 0 Å². The van der Waals surface area contributed by atoms with Gasteiger partial charge in [-0.3, -0.25) is 14.5 Å². The van der Waals surface area contributed by atoms with E-state index in [1.54, 1.807) is 42.5 Å². The van der Waals surface area contributed by atoms with Gasteiger partial charge in [-0.2, -0.15) is 0 Å². The van der Waals surface area contributed by atoms with Crippen LogP contribution in [0.25, 0.3) is 5.76 Å². The van der Waals surface area contributed by atoms with Crippen LogP contribution in [-0.2, 0) is 9.59 Å². The van der Waals surface area contributed by atoms with Crippen molar-refractivity contribution in [2.45, 2.75) is 26.8 Å². The molecular weight excluding hydrogens is 504 g/mol. The standard InChI is InChI=1S/C30H31ClN2O5/c1-5-32(6-2)21-15-12-19(13-16-21)27-26(28(34)20-14-17-22(31)25(18-20)38-7-3)29(35)30(36)33(27)23-10-8-9-11-24(23)37-4/h8-18,27,34H,5-7H2,1-4H3/b28-26-. The van der Waals surface area contributed by atoms with E-state index >= 15 is 0 Å². The highest BCUT2D eigenvalue weighted by Crippen LogP contribution is 2.45. The molecule has 1 unspecified atom stereocenters. The number of rotatable bonds is 9. The van der Waals surface area contributed by atoms with Gasteiger partial charge in [0.25, 0.3) is 11.7 Å². The Morgan fingerprint density at radius 1 is 0.974 bits per heavy atom. The van der Waals surface area contributed by atoms with Crippen LogP contribution in [0.4, 0.5) is 11.4 Å². The maximum absolute atomic E-state index is 13.5. The number of aliphatic hydroxyl groups is 1. The summed E-state index contributed by atoms with van der Waals surface area (Å²) in [5.41, 5.74) is 2.42. The van der Waals surface area contributed by atoms with E-state index in [4.69, 9.17) is 21.1 Å². The number of para-hydroxylation sites is 2. The summed E-state index contributed by atoms with van der Waals surface area (Å²) in [6.07, 6.45) is 0. The van der Waals surface area contributed by atoms with Crippen molar-refractivity contribution in [3.8, 4) is 11.5 Å². The summed E-state index contributed by atoms with van der Waals surface area (Å²) in [7, 11) is 1.51. The molecule has 1 heterocycles. The molecule has 7 nitrogen and oxygen atoms in total. The zero-order chi connectivity index (χ0) is 27.4. The number of hydrogen-bond donors (Lipinski definition) is 1. The zero-order valence-electron chi connectivity index (χ0n) is 21.9. The van der Waals surface area contributed by atoms with Crippen LogP contribution >= 0.6 is 11.6 Å². The van der Waals surface area contributed by atoms with Gasteiger partial charge in [-0.1, -0.05) is 35.9 Å². The van der Waals surface area contributed by atoms with Gasteiger partial charge in [0.2, 0.25) is 0 Å². The largest absolute Gasteiger partial charge is 0.507 e. The molecule has 38 heavy (non-hydrogen) atoms. The number of hydrogen-bond acceptors (Lipinski definition) is 6. The number of amides is 1. The Labute approximate surface area is 227 Å². The fraction of sp³-hybridized carbons (Fsp3) is 0.267. The van der Waals surface area contributed by atoms with Gasteiger partial charge in [0, 0.05) is 24.3 Å². The molecule has 0 aromatic heterocycles. The van der Waals surface area contributed by atoms with Crippen LogP contribution < -0.4 is 19.3 Å². The van der Waals surface area contributed by atoms with E-state index in [9.17, 15) is 14.7 Å². The fourth-order valence-electron chi connectivity index (χ4n) is 4.75. The molecule has 4 rings (SSSR count). The number of anilines is 2. The lowest BCUT2D eigenvalue weighted by Gasteiger charge is -2.27. The molecule has 1 fully saturated rings. The summed E-state index contributed by atoms with van der Waals surface area (Å²) in [6.45, 7) is 8.04. The van der Waals surface area contributed by atoms with Crippen molar-refractivity contribution in [1.29, 1.82) is 0 Å². The number of ether oxygens (including phenoxy) is 2. The average Bonchev–Trinajstić information content (AvgIpc) is 3.20. The van der Waals surface area contributed by atoms with Gasteiger partial charge in [0.1, 0.15) is 17.3 Å². The van der Waals surface area contributed by atoms with Crippen LogP contribution in [0.5, 0.6) is 11.5 Å². The first kappa shape index (κ1) is 27.1. The minimum atomic E-state index is -0.886. The summed E-state index contributed by atoms with van der Waals surface area (Å²) in [5, 5.41) is 11.9. The van der Waals surface area contributed by atoms with Crippen LogP contribution in [0.1, 0.15) is 37.9 Å². The molecule has 1 amide bonds. The predicted octanol–water partition coefficient (Wildman–Crippen LogP) is 6.22. The molecule has 198 valence electrons. The van der Waals surface area contributed by atoms with Gasteiger partial charge in [0.15, 0.2) is 0 Å².